The Morgan fingerprint density at radius 3 is 1.88 bits per heavy atom. The van der Waals surface area contributed by atoms with Crippen LogP contribution in [0.2, 0.25) is 0 Å². The second-order valence-corrected chi connectivity index (χ2v) is 14.3. The van der Waals surface area contributed by atoms with Crippen molar-refractivity contribution in [1.82, 2.24) is 9.13 Å². The molecule has 7 aromatic carbocycles. The summed E-state index contributed by atoms with van der Waals surface area (Å²) >= 11 is 0. The molecule has 0 amide bonds. The molecule has 1 unspecified atom stereocenters. The van der Waals surface area contributed by atoms with Gasteiger partial charge in [0.05, 0.1) is 33.2 Å². The molecule has 244 valence electrons. The number of hydrogen-bond donors (Lipinski definition) is 0. The number of rotatable bonds is 2. The highest BCUT2D eigenvalue weighted by atomic mass is 16.5. The smallest absolute Gasteiger partial charge is 0.132 e. The lowest BCUT2D eigenvalue weighted by Crippen LogP contribution is -2.40. The average molecular weight is 665 g/mol. The summed E-state index contributed by atoms with van der Waals surface area (Å²) in [6.07, 6.45) is 6.40. The van der Waals surface area contributed by atoms with Gasteiger partial charge in [0.1, 0.15) is 11.5 Å². The fourth-order valence-electron chi connectivity index (χ4n) is 9.80. The summed E-state index contributed by atoms with van der Waals surface area (Å²) in [4.78, 5) is 0. The van der Waals surface area contributed by atoms with E-state index < -0.39 is 5.41 Å². The summed E-state index contributed by atoms with van der Waals surface area (Å²) in [5.74, 6) is 1.91. The number of hydrogen-bond acceptors (Lipinski definition) is 1. The Labute approximate surface area is 300 Å². The zero-order valence-corrected chi connectivity index (χ0v) is 28.4. The Kier molecular flexibility index (Phi) is 5.55. The molecule has 4 heterocycles. The van der Waals surface area contributed by atoms with Crippen molar-refractivity contribution in [2.45, 2.75) is 18.3 Å². The Balaban J connectivity index is 1.10. The maximum Gasteiger partial charge on any atom is 0.132 e. The van der Waals surface area contributed by atoms with E-state index in [0.29, 0.717) is 0 Å². The van der Waals surface area contributed by atoms with Crippen molar-refractivity contribution >= 4 is 43.6 Å². The molecule has 52 heavy (non-hydrogen) atoms. The molecule has 0 radical (unpaired) electrons. The first kappa shape index (κ1) is 28.2. The van der Waals surface area contributed by atoms with Crippen LogP contribution in [0, 0.1) is 0 Å². The van der Waals surface area contributed by atoms with E-state index in [1.54, 1.807) is 0 Å². The third-order valence-electron chi connectivity index (χ3n) is 11.9. The van der Waals surface area contributed by atoms with Crippen LogP contribution in [0.3, 0.4) is 0 Å². The Morgan fingerprint density at radius 2 is 1.12 bits per heavy atom. The molecule has 2 aromatic heterocycles. The minimum absolute atomic E-state index is 0.507. The van der Waals surface area contributed by atoms with E-state index in [-0.39, 0.29) is 0 Å². The van der Waals surface area contributed by atoms with Crippen molar-refractivity contribution in [2.24, 2.45) is 0 Å². The van der Waals surface area contributed by atoms with Crippen molar-refractivity contribution in [3.63, 3.8) is 0 Å². The summed E-state index contributed by atoms with van der Waals surface area (Å²) in [7, 11) is 0. The van der Waals surface area contributed by atoms with Crippen LogP contribution in [0.5, 0.6) is 5.75 Å². The first-order chi connectivity index (χ1) is 25.8. The van der Waals surface area contributed by atoms with Gasteiger partial charge in [0, 0.05) is 32.8 Å². The highest BCUT2D eigenvalue weighted by Gasteiger charge is 2.51. The molecule has 0 bridgehead atoms. The highest BCUT2D eigenvalue weighted by Crippen LogP contribution is 2.60. The fraction of sp³-hybridized carbons (Fsp3) is 0.0612. The number of fused-ring (bicyclic) bond motifs is 13. The van der Waals surface area contributed by atoms with Crippen LogP contribution in [-0.4, -0.2) is 9.13 Å². The van der Waals surface area contributed by atoms with E-state index in [4.69, 9.17) is 4.74 Å². The van der Waals surface area contributed by atoms with Gasteiger partial charge in [-0.15, -0.1) is 0 Å². The topological polar surface area (TPSA) is 19.1 Å². The monoisotopic (exact) mass is 664 g/mol. The van der Waals surface area contributed by atoms with Gasteiger partial charge in [-0.05, 0) is 95.3 Å². The van der Waals surface area contributed by atoms with E-state index in [1.165, 1.54) is 82.7 Å². The van der Waals surface area contributed by atoms with Gasteiger partial charge in [0.15, 0.2) is 0 Å². The summed E-state index contributed by atoms with van der Waals surface area (Å²) in [6.45, 7) is 0. The van der Waals surface area contributed by atoms with Gasteiger partial charge in [0.25, 0.3) is 0 Å². The molecule has 0 N–H and O–H groups in total. The minimum Gasteiger partial charge on any atom is -0.457 e. The Hall–Kier alpha value is -6.58. The lowest BCUT2D eigenvalue weighted by atomic mass is 9.59. The van der Waals surface area contributed by atoms with E-state index >= 15 is 0 Å². The second kappa shape index (κ2) is 10.2. The minimum atomic E-state index is -0.507. The average Bonchev–Trinajstić information content (AvgIpc) is 3.73. The van der Waals surface area contributed by atoms with Crippen LogP contribution >= 0.6 is 0 Å². The highest BCUT2D eigenvalue weighted by molar-refractivity contribution is 6.12. The fourth-order valence-corrected chi connectivity index (χ4v) is 9.80. The van der Waals surface area contributed by atoms with Gasteiger partial charge in [-0.2, -0.15) is 0 Å². The van der Waals surface area contributed by atoms with Gasteiger partial charge >= 0.3 is 0 Å². The Bertz CT molecular complexity index is 2990. The maximum atomic E-state index is 6.84. The zero-order chi connectivity index (χ0) is 34.0. The van der Waals surface area contributed by atoms with Crippen molar-refractivity contribution in [2.75, 3.05) is 0 Å². The molecular formula is C49H32N2O. The van der Waals surface area contributed by atoms with Crippen molar-refractivity contribution in [1.29, 1.82) is 0 Å². The van der Waals surface area contributed by atoms with Gasteiger partial charge in [-0.1, -0.05) is 115 Å². The molecule has 2 aliphatic heterocycles. The van der Waals surface area contributed by atoms with E-state index in [1.807, 2.05) is 0 Å². The number of aromatic nitrogens is 2. The molecule has 0 fully saturated rings. The van der Waals surface area contributed by atoms with Gasteiger partial charge < -0.3 is 13.9 Å². The molecule has 1 atom stereocenters. The molecular weight excluding hydrogens is 633 g/mol. The molecule has 0 saturated carbocycles. The third kappa shape index (κ3) is 3.50. The molecule has 0 saturated heterocycles. The quantitative estimate of drug-likeness (QED) is 0.180. The largest absolute Gasteiger partial charge is 0.457 e. The molecule has 3 aliphatic rings. The molecule has 9 aromatic rings. The summed E-state index contributed by atoms with van der Waals surface area (Å²) < 4.78 is 11.7. The van der Waals surface area contributed by atoms with Crippen LogP contribution in [0.25, 0.3) is 66.1 Å². The number of ether oxygens (including phenoxy) is 1. The van der Waals surface area contributed by atoms with Crippen LogP contribution in [-0.2, 0) is 5.41 Å². The van der Waals surface area contributed by atoms with E-state index in [2.05, 4.69) is 179 Å². The van der Waals surface area contributed by atoms with Crippen molar-refractivity contribution in [3.8, 4) is 28.3 Å². The van der Waals surface area contributed by atoms with Crippen LogP contribution < -0.4 is 4.74 Å². The van der Waals surface area contributed by atoms with Crippen molar-refractivity contribution in [3.05, 3.63) is 198 Å². The summed E-state index contributed by atoms with van der Waals surface area (Å²) in [5, 5.41) is 5.12. The lowest BCUT2D eigenvalue weighted by molar-refractivity contribution is 0.386. The normalized spacial score (nSPS) is 17.2. The van der Waals surface area contributed by atoms with Crippen LogP contribution in [0.15, 0.2) is 181 Å². The van der Waals surface area contributed by atoms with Crippen LogP contribution in [0.4, 0.5) is 0 Å². The SMILES string of the molecule is C1=CC2=C(CC1)C1(c3cc(-c4ccc(-n5c6ccccc6c6ccccc65)cc4)ccc3O2)c2ccccc2-n2c3ccccc3c3cccc1c32. The van der Waals surface area contributed by atoms with Gasteiger partial charge in [0.2, 0.25) is 0 Å². The number of nitrogens with zero attached hydrogens (tertiary/aromatic N) is 2. The lowest BCUT2D eigenvalue weighted by Gasteiger charge is -2.47. The first-order valence-corrected chi connectivity index (χ1v) is 18.2. The third-order valence-corrected chi connectivity index (χ3v) is 11.9. The summed E-state index contributed by atoms with van der Waals surface area (Å²) in [5.41, 5.74) is 14.4. The number of benzene rings is 7. The molecule has 3 heteroatoms. The van der Waals surface area contributed by atoms with Gasteiger partial charge in [-0.25, -0.2) is 0 Å². The first-order valence-electron chi connectivity index (χ1n) is 18.2. The maximum absolute atomic E-state index is 6.84. The second-order valence-electron chi connectivity index (χ2n) is 14.3. The number of allylic oxidation sites excluding steroid dienone is 3. The zero-order valence-electron chi connectivity index (χ0n) is 28.4. The van der Waals surface area contributed by atoms with Crippen molar-refractivity contribution < 1.29 is 4.74 Å². The molecule has 3 nitrogen and oxygen atoms in total. The number of para-hydroxylation sites is 5. The van der Waals surface area contributed by atoms with E-state index in [9.17, 15) is 0 Å². The van der Waals surface area contributed by atoms with Crippen LogP contribution in [0.1, 0.15) is 29.5 Å². The molecule has 1 spiro atoms. The predicted molar refractivity (Wildman–Crippen MR) is 213 cm³/mol. The van der Waals surface area contributed by atoms with Gasteiger partial charge in [-0.3, -0.25) is 0 Å². The standard InChI is InChI=1S/C49H32N2O/c1-6-19-42-34(12-1)35-13-2-7-20-43(35)50(42)33-27-24-31(25-28-33)32-26-29-47-41(30-32)49(39-17-5-10-23-46(39)52-47)38-16-4-9-22-45(38)51-44-21-8-3-14-36(44)37-15-11-18-40(49)48(37)51/h1-4,6-16,18-30H,5,17H2. The summed E-state index contributed by atoms with van der Waals surface area (Å²) in [6, 6.07) is 58.2. The van der Waals surface area contributed by atoms with E-state index in [0.717, 1.165) is 30.0 Å². The Morgan fingerprint density at radius 1 is 0.500 bits per heavy atom. The molecule has 1 aliphatic carbocycles. The predicted octanol–water partition coefficient (Wildman–Crippen LogP) is 12.2. The molecule has 12 rings (SSSR count).